The second-order valence-electron chi connectivity index (χ2n) is 6.54. The zero-order valence-electron chi connectivity index (χ0n) is 15.5. The van der Waals surface area contributed by atoms with Gasteiger partial charge in [0.05, 0.1) is 11.1 Å². The maximum Gasteiger partial charge on any atom is 0.260 e. The molecule has 0 amide bonds. The summed E-state index contributed by atoms with van der Waals surface area (Å²) < 4.78 is 18.6. The number of halogens is 1. The van der Waals surface area contributed by atoms with Crippen LogP contribution in [0, 0.1) is 5.82 Å². The third-order valence-corrected chi connectivity index (χ3v) is 6.33. The van der Waals surface area contributed by atoms with Crippen LogP contribution in [0.5, 0.6) is 0 Å². The summed E-state index contributed by atoms with van der Waals surface area (Å²) in [6.45, 7) is 0. The lowest BCUT2D eigenvalue weighted by Gasteiger charge is -2.01. The highest BCUT2D eigenvalue weighted by Gasteiger charge is 2.14. The molecule has 0 fully saturated rings. The fraction of sp³-hybridized carbons (Fsp3) is 0.0455. The van der Waals surface area contributed by atoms with Crippen LogP contribution in [0.25, 0.3) is 32.7 Å². The van der Waals surface area contributed by atoms with Crippen LogP contribution in [-0.4, -0.2) is 15.1 Å². The van der Waals surface area contributed by atoms with E-state index in [2.05, 4.69) is 15.1 Å². The molecule has 0 aliphatic rings. The first kappa shape index (κ1) is 18.8. The second kappa shape index (κ2) is 7.89. The van der Waals surface area contributed by atoms with Crippen molar-refractivity contribution in [3.8, 4) is 22.5 Å². The van der Waals surface area contributed by atoms with Gasteiger partial charge in [-0.2, -0.15) is 0 Å². The summed E-state index contributed by atoms with van der Waals surface area (Å²) in [6, 6.07) is 17.7. The summed E-state index contributed by atoms with van der Waals surface area (Å²) in [4.78, 5) is 20.8. The Bertz CT molecular complexity index is 1380. The van der Waals surface area contributed by atoms with Crippen LogP contribution in [0.15, 0.2) is 80.5 Å². The van der Waals surface area contributed by atoms with Crippen molar-refractivity contribution in [2.24, 2.45) is 0 Å². The fourth-order valence-corrected chi connectivity index (χ4v) is 4.85. The molecule has 30 heavy (non-hydrogen) atoms. The SMILES string of the molecule is O=c1[nH]c(SCc2cc(-c3ccccc3)on2)nc2scc(-c3ccc(F)cc3)c12. The van der Waals surface area contributed by atoms with Gasteiger partial charge in [0.2, 0.25) is 0 Å². The monoisotopic (exact) mass is 435 g/mol. The molecule has 8 heteroatoms. The summed E-state index contributed by atoms with van der Waals surface area (Å²) in [5.41, 5.74) is 3.05. The molecule has 0 aliphatic heterocycles. The molecule has 3 aromatic heterocycles. The first-order chi connectivity index (χ1) is 14.7. The minimum Gasteiger partial charge on any atom is -0.356 e. The number of hydrogen-bond acceptors (Lipinski definition) is 6. The molecule has 0 aliphatic carbocycles. The number of aromatic nitrogens is 3. The molecule has 3 heterocycles. The molecule has 0 radical (unpaired) electrons. The average molecular weight is 436 g/mol. The molecule has 0 saturated carbocycles. The molecular formula is C22H14FN3O2S2. The van der Waals surface area contributed by atoms with E-state index in [0.29, 0.717) is 26.9 Å². The van der Waals surface area contributed by atoms with Crippen LogP contribution in [0.3, 0.4) is 0 Å². The number of hydrogen-bond donors (Lipinski definition) is 1. The van der Waals surface area contributed by atoms with E-state index in [-0.39, 0.29) is 11.4 Å². The molecule has 1 N–H and O–H groups in total. The van der Waals surface area contributed by atoms with Crippen molar-refractivity contribution in [1.29, 1.82) is 0 Å². The summed E-state index contributed by atoms with van der Waals surface area (Å²) in [7, 11) is 0. The molecule has 0 bridgehead atoms. The van der Waals surface area contributed by atoms with Crippen LogP contribution in [-0.2, 0) is 5.75 Å². The zero-order valence-corrected chi connectivity index (χ0v) is 17.1. The second-order valence-corrected chi connectivity index (χ2v) is 8.37. The minimum absolute atomic E-state index is 0.215. The maximum atomic E-state index is 13.2. The maximum absolute atomic E-state index is 13.2. The molecule has 0 spiro atoms. The van der Waals surface area contributed by atoms with E-state index in [1.54, 1.807) is 12.1 Å². The molecule has 2 aromatic carbocycles. The topological polar surface area (TPSA) is 71.8 Å². The molecule has 5 rings (SSSR count). The number of thiophene rings is 1. The van der Waals surface area contributed by atoms with Gasteiger partial charge in [-0.15, -0.1) is 11.3 Å². The molecule has 148 valence electrons. The molecule has 0 atom stereocenters. The highest BCUT2D eigenvalue weighted by molar-refractivity contribution is 7.98. The van der Waals surface area contributed by atoms with Crippen LogP contribution in [0.2, 0.25) is 0 Å². The lowest BCUT2D eigenvalue weighted by atomic mass is 10.1. The number of nitrogens with one attached hydrogen (secondary N) is 1. The number of thioether (sulfide) groups is 1. The lowest BCUT2D eigenvalue weighted by molar-refractivity contribution is 0.426. The van der Waals surface area contributed by atoms with Gasteiger partial charge in [-0.3, -0.25) is 4.79 Å². The van der Waals surface area contributed by atoms with Crippen LogP contribution in [0.1, 0.15) is 5.69 Å². The van der Waals surface area contributed by atoms with Crippen molar-refractivity contribution < 1.29 is 8.91 Å². The number of H-pyrrole nitrogens is 1. The molecule has 0 unspecified atom stereocenters. The van der Waals surface area contributed by atoms with Crippen molar-refractivity contribution in [1.82, 2.24) is 15.1 Å². The summed E-state index contributed by atoms with van der Waals surface area (Å²) in [5.74, 6) is 0.902. The molecule has 0 saturated heterocycles. The lowest BCUT2D eigenvalue weighted by Crippen LogP contribution is -2.08. The molecule has 5 nitrogen and oxygen atoms in total. The highest BCUT2D eigenvalue weighted by Crippen LogP contribution is 2.32. The van der Waals surface area contributed by atoms with Gasteiger partial charge in [-0.05, 0) is 17.7 Å². The number of nitrogens with zero attached hydrogens (tertiary/aromatic N) is 2. The Morgan fingerprint density at radius 1 is 1.07 bits per heavy atom. The summed E-state index contributed by atoms with van der Waals surface area (Å²) in [6.07, 6.45) is 0. The van der Waals surface area contributed by atoms with Gasteiger partial charge in [0.1, 0.15) is 10.6 Å². The predicted octanol–water partition coefficient (Wildman–Crippen LogP) is 5.74. The third kappa shape index (κ3) is 3.67. The minimum atomic E-state index is -0.313. The van der Waals surface area contributed by atoms with E-state index >= 15 is 0 Å². The fourth-order valence-electron chi connectivity index (χ4n) is 3.10. The Balaban J connectivity index is 1.38. The first-order valence-corrected chi connectivity index (χ1v) is 11.0. The smallest absolute Gasteiger partial charge is 0.260 e. The Hall–Kier alpha value is -3.23. The zero-order chi connectivity index (χ0) is 20.5. The van der Waals surface area contributed by atoms with Gasteiger partial charge in [-0.25, -0.2) is 9.37 Å². The van der Waals surface area contributed by atoms with Gasteiger partial charge in [0.25, 0.3) is 5.56 Å². The number of aromatic amines is 1. The van der Waals surface area contributed by atoms with Crippen molar-refractivity contribution in [3.63, 3.8) is 0 Å². The van der Waals surface area contributed by atoms with Crippen molar-refractivity contribution in [2.75, 3.05) is 0 Å². The van der Waals surface area contributed by atoms with E-state index in [1.807, 2.05) is 41.8 Å². The standard InChI is InChI=1S/C22H14FN3O2S2/c23-15-8-6-13(7-9-15)17-12-29-21-19(17)20(27)24-22(25-21)30-11-16-10-18(28-26-16)14-4-2-1-3-5-14/h1-10,12H,11H2,(H,24,25,27). The van der Waals surface area contributed by atoms with Gasteiger partial charge in [-0.1, -0.05) is 59.4 Å². The van der Waals surface area contributed by atoms with Gasteiger partial charge >= 0.3 is 0 Å². The number of benzene rings is 2. The largest absolute Gasteiger partial charge is 0.356 e. The number of fused-ring (bicyclic) bond motifs is 1. The van der Waals surface area contributed by atoms with Gasteiger partial charge < -0.3 is 9.51 Å². The normalized spacial score (nSPS) is 11.2. The van der Waals surface area contributed by atoms with Crippen LogP contribution < -0.4 is 5.56 Å². The molecular weight excluding hydrogens is 421 g/mol. The Labute approximate surface area is 178 Å². The van der Waals surface area contributed by atoms with E-state index in [9.17, 15) is 9.18 Å². The van der Waals surface area contributed by atoms with E-state index in [1.165, 1.54) is 35.2 Å². The van der Waals surface area contributed by atoms with Crippen molar-refractivity contribution >= 4 is 33.3 Å². The quantitative estimate of drug-likeness (QED) is 0.282. The van der Waals surface area contributed by atoms with Gasteiger partial charge in [0, 0.05) is 28.3 Å². The van der Waals surface area contributed by atoms with E-state index in [0.717, 1.165) is 22.4 Å². The summed E-state index contributed by atoms with van der Waals surface area (Å²) >= 11 is 2.78. The van der Waals surface area contributed by atoms with E-state index in [4.69, 9.17) is 4.52 Å². The Kier molecular flexibility index (Phi) is 4.94. The van der Waals surface area contributed by atoms with Crippen molar-refractivity contribution in [2.45, 2.75) is 10.9 Å². The summed E-state index contributed by atoms with van der Waals surface area (Å²) in [5, 5.41) is 7.01. The van der Waals surface area contributed by atoms with Crippen molar-refractivity contribution in [3.05, 3.63) is 87.9 Å². The Morgan fingerprint density at radius 2 is 1.87 bits per heavy atom. The number of rotatable bonds is 5. The predicted molar refractivity (Wildman–Crippen MR) is 117 cm³/mol. The Morgan fingerprint density at radius 3 is 2.67 bits per heavy atom. The van der Waals surface area contributed by atoms with Gasteiger partial charge in [0.15, 0.2) is 10.9 Å². The van der Waals surface area contributed by atoms with Crippen LogP contribution >= 0.6 is 23.1 Å². The highest BCUT2D eigenvalue weighted by atomic mass is 32.2. The average Bonchev–Trinajstić information content (AvgIpc) is 3.41. The van der Waals surface area contributed by atoms with E-state index < -0.39 is 0 Å². The first-order valence-electron chi connectivity index (χ1n) is 9.08. The molecule has 5 aromatic rings. The third-order valence-electron chi connectivity index (χ3n) is 4.55. The van der Waals surface area contributed by atoms with Crippen LogP contribution in [0.4, 0.5) is 4.39 Å².